The van der Waals surface area contributed by atoms with E-state index in [-0.39, 0.29) is 57.7 Å². The molecule has 0 aliphatic rings. The molecule has 0 saturated heterocycles. The maximum atomic E-state index is 10.6. The number of rotatable bonds is 1. The Morgan fingerprint density at radius 1 is 1.46 bits per heavy atom. The van der Waals surface area contributed by atoms with E-state index < -0.39 is 10.1 Å². The van der Waals surface area contributed by atoms with Crippen LogP contribution in [0.2, 0.25) is 0 Å². The van der Waals surface area contributed by atoms with E-state index in [1.807, 2.05) is 0 Å². The van der Waals surface area contributed by atoms with E-state index in [0.717, 1.165) is 5.56 Å². The van der Waals surface area contributed by atoms with Crippen LogP contribution in [-0.4, -0.2) is 13.0 Å². The molecule has 0 saturated carbocycles. The summed E-state index contributed by atoms with van der Waals surface area (Å²) in [5, 5.41) is 0. The Bertz CT molecular complexity index is 407. The van der Waals surface area contributed by atoms with Crippen molar-refractivity contribution in [2.45, 2.75) is 11.8 Å². The fraction of sp³-hybridized carbons (Fsp3) is 0.143. The Labute approximate surface area is 121 Å². The Hall–Kier alpha value is 0.566. The number of anilines is 1. The van der Waals surface area contributed by atoms with Gasteiger partial charge in [0.15, 0.2) is 0 Å². The van der Waals surface area contributed by atoms with Gasteiger partial charge in [0.2, 0.25) is 0 Å². The number of benzene rings is 1. The molecule has 0 bridgehead atoms. The van der Waals surface area contributed by atoms with Crippen LogP contribution >= 0.6 is 0 Å². The van der Waals surface area contributed by atoms with Crippen molar-refractivity contribution >= 4 is 15.8 Å². The van der Waals surface area contributed by atoms with Crippen LogP contribution in [0.15, 0.2) is 23.1 Å². The van der Waals surface area contributed by atoms with Gasteiger partial charge in [-0.15, -0.1) is 0 Å². The summed E-state index contributed by atoms with van der Waals surface area (Å²) in [5.41, 5.74) is 6.57. The van der Waals surface area contributed by atoms with Crippen LogP contribution in [-0.2, 0) is 10.1 Å². The quantitative estimate of drug-likeness (QED) is 0.328. The first-order valence-corrected chi connectivity index (χ1v) is 4.69. The van der Waals surface area contributed by atoms with Crippen molar-refractivity contribution in [3.8, 4) is 0 Å². The molecule has 0 radical (unpaired) electrons. The van der Waals surface area contributed by atoms with Crippen molar-refractivity contribution in [1.29, 1.82) is 0 Å². The van der Waals surface area contributed by atoms with Gasteiger partial charge in [0.1, 0.15) is 0 Å². The first kappa shape index (κ1) is 13.6. The third-order valence-electron chi connectivity index (χ3n) is 1.55. The first-order chi connectivity index (χ1) is 5.41. The minimum Gasteiger partial charge on any atom is -1.00 e. The predicted molar refractivity (Wildman–Crippen MR) is 46.5 cm³/mol. The SMILES string of the molecule is Cc1ccc(S(=O)(=O)O)cc1N.[H-].[K+]. The van der Waals surface area contributed by atoms with Crippen LogP contribution in [0.5, 0.6) is 0 Å². The molecule has 0 unspecified atom stereocenters. The monoisotopic (exact) mass is 227 g/mol. The Morgan fingerprint density at radius 3 is 2.38 bits per heavy atom. The van der Waals surface area contributed by atoms with Gasteiger partial charge in [0, 0.05) is 5.69 Å². The second-order valence-corrected chi connectivity index (χ2v) is 3.91. The van der Waals surface area contributed by atoms with Gasteiger partial charge in [-0.25, -0.2) is 0 Å². The maximum Gasteiger partial charge on any atom is 1.00 e. The summed E-state index contributed by atoms with van der Waals surface area (Å²) < 4.78 is 29.8. The van der Waals surface area contributed by atoms with Crippen LogP contribution in [0.1, 0.15) is 6.99 Å². The van der Waals surface area contributed by atoms with Gasteiger partial charge >= 0.3 is 51.4 Å². The molecule has 0 aromatic heterocycles. The third kappa shape index (κ3) is 3.66. The van der Waals surface area contributed by atoms with E-state index in [9.17, 15) is 8.42 Å². The van der Waals surface area contributed by atoms with E-state index in [2.05, 4.69) is 0 Å². The Kier molecular flexibility index (Phi) is 5.09. The first-order valence-electron chi connectivity index (χ1n) is 3.25. The van der Waals surface area contributed by atoms with E-state index in [1.54, 1.807) is 13.0 Å². The summed E-state index contributed by atoms with van der Waals surface area (Å²) in [4.78, 5) is -0.175. The Balaban J connectivity index is 0. The van der Waals surface area contributed by atoms with Gasteiger partial charge in [0.05, 0.1) is 4.90 Å². The summed E-state index contributed by atoms with van der Waals surface area (Å²) in [7, 11) is -4.12. The van der Waals surface area contributed by atoms with Crippen LogP contribution in [0.3, 0.4) is 0 Å². The summed E-state index contributed by atoms with van der Waals surface area (Å²) in [6.07, 6.45) is 0. The normalized spacial score (nSPS) is 10.6. The van der Waals surface area contributed by atoms with Gasteiger partial charge in [-0.3, -0.25) is 4.55 Å². The van der Waals surface area contributed by atoms with Crippen molar-refractivity contribution in [3.63, 3.8) is 0 Å². The van der Waals surface area contributed by atoms with E-state index >= 15 is 0 Å². The van der Waals surface area contributed by atoms with Gasteiger partial charge in [-0.1, -0.05) is 6.07 Å². The molecule has 1 aromatic carbocycles. The standard InChI is InChI=1S/C7H9NO3S.K.H/c1-5-2-3-6(4-7(5)8)12(9,10)11;;/h2-4H,8H2,1H3,(H,9,10,11);;/q;+1;-1. The molecule has 68 valence electrons. The molecule has 13 heavy (non-hydrogen) atoms. The molecule has 0 atom stereocenters. The zero-order valence-electron chi connectivity index (χ0n) is 8.48. The van der Waals surface area contributed by atoms with Crippen LogP contribution in [0.25, 0.3) is 0 Å². The number of hydrogen-bond donors (Lipinski definition) is 2. The fourth-order valence-corrected chi connectivity index (χ4v) is 1.29. The zero-order valence-corrected chi connectivity index (χ0v) is 11.4. The second kappa shape index (κ2) is 4.88. The van der Waals surface area contributed by atoms with E-state index in [0.29, 0.717) is 5.69 Å². The summed E-state index contributed by atoms with van der Waals surface area (Å²) >= 11 is 0. The van der Waals surface area contributed by atoms with Gasteiger partial charge < -0.3 is 7.16 Å². The molecule has 1 aromatic rings. The van der Waals surface area contributed by atoms with E-state index in [4.69, 9.17) is 10.3 Å². The molecule has 0 aliphatic carbocycles. The largest absolute Gasteiger partial charge is 1.00 e. The average molecular weight is 227 g/mol. The van der Waals surface area contributed by atoms with E-state index in [1.165, 1.54) is 12.1 Å². The summed E-state index contributed by atoms with van der Waals surface area (Å²) in [6, 6.07) is 4.07. The van der Waals surface area contributed by atoms with Gasteiger partial charge in [-0.2, -0.15) is 8.42 Å². The molecule has 6 heteroatoms. The Morgan fingerprint density at radius 2 is 2.00 bits per heavy atom. The van der Waals surface area contributed by atoms with Crippen molar-refractivity contribution in [2.75, 3.05) is 5.73 Å². The molecule has 0 aliphatic heterocycles. The maximum absolute atomic E-state index is 10.6. The van der Waals surface area contributed by atoms with Crippen LogP contribution in [0.4, 0.5) is 5.69 Å². The molecular formula is C7H10KNO3S. The molecule has 0 spiro atoms. The number of aryl methyl sites for hydroxylation is 1. The van der Waals surface area contributed by atoms with Crippen molar-refractivity contribution in [3.05, 3.63) is 23.8 Å². The molecule has 0 heterocycles. The van der Waals surface area contributed by atoms with Crippen molar-refractivity contribution in [2.24, 2.45) is 0 Å². The zero-order chi connectivity index (χ0) is 9.35. The molecule has 0 fully saturated rings. The molecule has 0 amide bonds. The minimum absolute atomic E-state index is 0. The molecule has 4 nitrogen and oxygen atoms in total. The number of hydrogen-bond acceptors (Lipinski definition) is 3. The summed E-state index contributed by atoms with van der Waals surface area (Å²) in [5.74, 6) is 0. The van der Waals surface area contributed by atoms with Gasteiger partial charge in [-0.05, 0) is 24.6 Å². The third-order valence-corrected chi connectivity index (χ3v) is 2.40. The van der Waals surface area contributed by atoms with Crippen LogP contribution < -0.4 is 57.1 Å². The molecule has 3 N–H and O–H groups in total. The number of nitrogens with two attached hydrogens (primary N) is 1. The number of nitrogen functional groups attached to an aromatic ring is 1. The molecular weight excluding hydrogens is 217 g/mol. The summed E-state index contributed by atoms with van der Waals surface area (Å²) in [6.45, 7) is 1.75. The van der Waals surface area contributed by atoms with Crippen molar-refractivity contribution in [1.82, 2.24) is 0 Å². The predicted octanol–water partition coefficient (Wildman–Crippen LogP) is -2.06. The van der Waals surface area contributed by atoms with Gasteiger partial charge in [0.25, 0.3) is 10.1 Å². The topological polar surface area (TPSA) is 80.4 Å². The van der Waals surface area contributed by atoms with Crippen LogP contribution in [0, 0.1) is 6.92 Å². The fourth-order valence-electron chi connectivity index (χ4n) is 0.779. The molecule has 1 rings (SSSR count). The minimum atomic E-state index is -4.12. The second-order valence-electron chi connectivity index (χ2n) is 2.49. The average Bonchev–Trinajstić information content (AvgIpc) is 1.92. The van der Waals surface area contributed by atoms with Crippen molar-refractivity contribution < 1.29 is 65.8 Å². The smallest absolute Gasteiger partial charge is 1.00 e.